The topological polar surface area (TPSA) is 124 Å². The van der Waals surface area contributed by atoms with Gasteiger partial charge in [0.15, 0.2) is 22.8 Å². The lowest BCUT2D eigenvalue weighted by Crippen LogP contribution is -2.35. The SMILES string of the molecule is O=CC(=O)C1=C(Cl)N(O)c2c(cccc2[N+](=O)[O-])N1O. The average Bonchev–Trinajstić information content (AvgIpc) is 2.43. The molecule has 0 amide bonds. The second-order valence-electron chi connectivity index (χ2n) is 3.65. The van der Waals surface area contributed by atoms with Crippen LogP contribution in [0.3, 0.4) is 0 Å². The number of ketones is 1. The van der Waals surface area contributed by atoms with E-state index < -0.39 is 32.9 Å². The summed E-state index contributed by atoms with van der Waals surface area (Å²) in [6.07, 6.45) is -0.114. The van der Waals surface area contributed by atoms with Gasteiger partial charge in [-0.05, 0) is 6.07 Å². The summed E-state index contributed by atoms with van der Waals surface area (Å²) in [5.41, 5.74) is -1.94. The predicted octanol–water partition coefficient (Wildman–Crippen LogP) is 1.18. The van der Waals surface area contributed by atoms with Crippen molar-refractivity contribution in [3.8, 4) is 0 Å². The van der Waals surface area contributed by atoms with Gasteiger partial charge in [0.25, 0.3) is 5.69 Å². The minimum absolute atomic E-state index is 0.114. The van der Waals surface area contributed by atoms with Crippen LogP contribution in [0.25, 0.3) is 0 Å². The number of benzene rings is 1. The van der Waals surface area contributed by atoms with E-state index in [-0.39, 0.29) is 22.1 Å². The van der Waals surface area contributed by atoms with Crippen LogP contribution in [0.4, 0.5) is 17.1 Å². The van der Waals surface area contributed by atoms with Crippen LogP contribution in [0.15, 0.2) is 29.1 Å². The number of nitro benzene ring substituents is 1. The van der Waals surface area contributed by atoms with Gasteiger partial charge in [0, 0.05) is 6.07 Å². The molecule has 10 heteroatoms. The number of aldehydes is 1. The quantitative estimate of drug-likeness (QED) is 0.280. The van der Waals surface area contributed by atoms with Gasteiger partial charge in [-0.3, -0.25) is 30.1 Å². The maximum absolute atomic E-state index is 11.4. The van der Waals surface area contributed by atoms with Crippen molar-refractivity contribution >= 4 is 40.7 Å². The van der Waals surface area contributed by atoms with Crippen LogP contribution in [0.5, 0.6) is 0 Å². The molecule has 0 saturated carbocycles. The highest BCUT2D eigenvalue weighted by molar-refractivity contribution is 6.41. The molecule has 20 heavy (non-hydrogen) atoms. The highest BCUT2D eigenvalue weighted by Gasteiger charge is 2.37. The number of Topliss-reactive ketones (excluding diaryl/α,β-unsaturated/α-hetero) is 1. The van der Waals surface area contributed by atoms with Gasteiger partial charge in [-0.2, -0.15) is 0 Å². The van der Waals surface area contributed by atoms with Crippen LogP contribution < -0.4 is 10.1 Å². The summed E-state index contributed by atoms with van der Waals surface area (Å²) in [5, 5.41) is 30.2. The number of carbonyl (C=O) groups is 2. The lowest BCUT2D eigenvalue weighted by atomic mass is 10.1. The van der Waals surface area contributed by atoms with Crippen molar-refractivity contribution in [2.75, 3.05) is 10.1 Å². The van der Waals surface area contributed by atoms with Gasteiger partial charge in [0.1, 0.15) is 5.69 Å². The lowest BCUT2D eigenvalue weighted by molar-refractivity contribution is -0.384. The highest BCUT2D eigenvalue weighted by atomic mass is 35.5. The zero-order chi connectivity index (χ0) is 15.0. The Balaban J connectivity index is 2.71. The number of fused-ring (bicyclic) bond motifs is 1. The number of para-hydroxylation sites is 1. The van der Waals surface area contributed by atoms with Crippen molar-refractivity contribution in [1.29, 1.82) is 0 Å². The van der Waals surface area contributed by atoms with E-state index in [1.807, 2.05) is 0 Å². The first-order chi connectivity index (χ1) is 9.40. The Morgan fingerprint density at radius 2 is 2.00 bits per heavy atom. The molecule has 0 bridgehead atoms. The Bertz CT molecular complexity index is 658. The molecule has 1 aliphatic heterocycles. The Kier molecular flexibility index (Phi) is 3.40. The number of carbonyl (C=O) groups excluding carboxylic acids is 2. The van der Waals surface area contributed by atoms with Gasteiger partial charge in [-0.15, -0.1) is 0 Å². The van der Waals surface area contributed by atoms with Crippen molar-refractivity contribution in [2.45, 2.75) is 0 Å². The summed E-state index contributed by atoms with van der Waals surface area (Å²) in [6, 6.07) is 3.51. The molecule has 1 heterocycles. The summed E-state index contributed by atoms with van der Waals surface area (Å²) >= 11 is 5.66. The summed E-state index contributed by atoms with van der Waals surface area (Å²) < 4.78 is 0. The average molecular weight is 300 g/mol. The number of hydroxylamine groups is 2. The first-order valence-corrected chi connectivity index (χ1v) is 5.42. The first kappa shape index (κ1) is 13.9. The van der Waals surface area contributed by atoms with Gasteiger partial charge in [-0.25, -0.2) is 10.1 Å². The molecule has 1 aromatic carbocycles. The minimum atomic E-state index is -1.20. The molecule has 2 N–H and O–H groups in total. The smallest absolute Gasteiger partial charge is 0.294 e. The molecule has 0 unspecified atom stereocenters. The third-order valence-electron chi connectivity index (χ3n) is 2.56. The van der Waals surface area contributed by atoms with Gasteiger partial charge >= 0.3 is 0 Å². The second-order valence-corrected chi connectivity index (χ2v) is 4.01. The van der Waals surface area contributed by atoms with Gasteiger partial charge in [-0.1, -0.05) is 17.7 Å². The van der Waals surface area contributed by atoms with E-state index in [4.69, 9.17) is 11.6 Å². The number of halogens is 1. The minimum Gasteiger partial charge on any atom is -0.294 e. The molecule has 1 aromatic rings. The molecule has 1 aliphatic rings. The van der Waals surface area contributed by atoms with E-state index in [1.165, 1.54) is 12.1 Å². The molecular formula is C10H6ClN3O6. The number of hydrogen-bond donors (Lipinski definition) is 2. The third kappa shape index (κ3) is 1.90. The molecule has 9 nitrogen and oxygen atoms in total. The third-order valence-corrected chi connectivity index (χ3v) is 2.90. The molecule has 0 aliphatic carbocycles. The lowest BCUT2D eigenvalue weighted by Gasteiger charge is -2.30. The molecule has 104 valence electrons. The maximum atomic E-state index is 11.4. The summed E-state index contributed by atoms with van der Waals surface area (Å²) in [7, 11) is 0. The molecule has 0 radical (unpaired) electrons. The second kappa shape index (κ2) is 4.89. The van der Waals surface area contributed by atoms with Crippen LogP contribution >= 0.6 is 11.6 Å². The molecule has 0 spiro atoms. The highest BCUT2D eigenvalue weighted by Crippen LogP contribution is 2.44. The molecular weight excluding hydrogens is 294 g/mol. The van der Waals surface area contributed by atoms with E-state index in [2.05, 4.69) is 0 Å². The fourth-order valence-electron chi connectivity index (χ4n) is 1.72. The number of anilines is 2. The fourth-order valence-corrected chi connectivity index (χ4v) is 1.98. The fraction of sp³-hybridized carbons (Fsp3) is 0. The van der Waals surface area contributed by atoms with Crippen LogP contribution in [0, 0.1) is 10.1 Å². The number of rotatable bonds is 3. The molecule has 0 aromatic heterocycles. The van der Waals surface area contributed by atoms with E-state index in [0.29, 0.717) is 0 Å². The first-order valence-electron chi connectivity index (χ1n) is 5.04. The standard InChI is InChI=1S/C10H6ClN3O6/c11-10-9(7(16)4-15)12(17)5-2-1-3-6(14(19)20)8(5)13(10)18/h1-4,17-18H. The summed E-state index contributed by atoms with van der Waals surface area (Å²) in [4.78, 5) is 32.0. The molecule has 0 atom stereocenters. The van der Waals surface area contributed by atoms with E-state index in [0.717, 1.165) is 6.07 Å². The maximum Gasteiger partial charge on any atom is 0.297 e. The number of nitro groups is 1. The molecule has 0 saturated heterocycles. The van der Waals surface area contributed by atoms with Crippen molar-refractivity contribution in [3.63, 3.8) is 0 Å². The van der Waals surface area contributed by atoms with Crippen LogP contribution in [0.2, 0.25) is 0 Å². The van der Waals surface area contributed by atoms with Gasteiger partial charge in [0.2, 0.25) is 5.78 Å². The number of hydrogen-bond acceptors (Lipinski definition) is 8. The Morgan fingerprint density at radius 1 is 1.35 bits per heavy atom. The largest absolute Gasteiger partial charge is 0.297 e. The van der Waals surface area contributed by atoms with E-state index >= 15 is 0 Å². The van der Waals surface area contributed by atoms with E-state index in [9.17, 15) is 30.1 Å². The number of nitrogens with zero attached hydrogens (tertiary/aromatic N) is 3. The van der Waals surface area contributed by atoms with Crippen molar-refractivity contribution in [1.82, 2.24) is 0 Å². The van der Waals surface area contributed by atoms with Crippen LogP contribution in [-0.4, -0.2) is 27.4 Å². The van der Waals surface area contributed by atoms with Crippen LogP contribution in [-0.2, 0) is 9.59 Å². The normalized spacial score (nSPS) is 14.2. The number of allylic oxidation sites excluding steroid dienone is 1. The van der Waals surface area contributed by atoms with Crippen LogP contribution in [0.1, 0.15) is 0 Å². The van der Waals surface area contributed by atoms with Crippen molar-refractivity contribution in [2.24, 2.45) is 0 Å². The predicted molar refractivity (Wildman–Crippen MR) is 65.6 cm³/mol. The van der Waals surface area contributed by atoms with Crippen molar-refractivity contribution in [3.05, 3.63) is 39.2 Å². The van der Waals surface area contributed by atoms with Gasteiger partial charge < -0.3 is 0 Å². The van der Waals surface area contributed by atoms with Gasteiger partial charge in [0.05, 0.1) is 4.92 Å². The summed E-state index contributed by atoms with van der Waals surface area (Å²) in [6.45, 7) is 0. The Morgan fingerprint density at radius 3 is 2.55 bits per heavy atom. The monoisotopic (exact) mass is 299 g/mol. The van der Waals surface area contributed by atoms with E-state index in [1.54, 1.807) is 0 Å². The zero-order valence-corrected chi connectivity index (χ0v) is 10.3. The molecule has 0 fully saturated rings. The molecule has 2 rings (SSSR count). The van der Waals surface area contributed by atoms with Crippen molar-refractivity contribution < 1.29 is 24.9 Å². The zero-order valence-electron chi connectivity index (χ0n) is 9.56. The Hall–Kier alpha value is -2.49. The Labute approximate surface area is 115 Å². The summed E-state index contributed by atoms with van der Waals surface area (Å²) in [5.74, 6) is -1.20.